The molecule has 8 nitrogen and oxygen atoms in total. The fourth-order valence-electron chi connectivity index (χ4n) is 3.05. The van der Waals surface area contributed by atoms with Crippen molar-refractivity contribution in [2.75, 3.05) is 30.8 Å². The van der Waals surface area contributed by atoms with Crippen LogP contribution in [0, 0.1) is 0 Å². The van der Waals surface area contributed by atoms with Gasteiger partial charge in [-0.1, -0.05) is 28.1 Å². The van der Waals surface area contributed by atoms with Crippen LogP contribution >= 0.6 is 15.9 Å². The van der Waals surface area contributed by atoms with E-state index >= 15 is 0 Å². The quantitative estimate of drug-likeness (QED) is 0.514. The van der Waals surface area contributed by atoms with Gasteiger partial charge in [-0.3, -0.25) is 13.9 Å². The third-order valence-corrected chi connectivity index (χ3v) is 6.49. The molecule has 0 saturated heterocycles. The van der Waals surface area contributed by atoms with Crippen molar-refractivity contribution >= 4 is 43.5 Å². The summed E-state index contributed by atoms with van der Waals surface area (Å²) in [5.41, 5.74) is 1.14. The largest absolute Gasteiger partial charge is 0.497 e. The minimum absolute atomic E-state index is 0.157. The maximum absolute atomic E-state index is 13.3. The number of benzene rings is 2. The first-order chi connectivity index (χ1) is 15.1. The van der Waals surface area contributed by atoms with E-state index in [1.807, 2.05) is 24.3 Å². The van der Waals surface area contributed by atoms with E-state index in [1.165, 1.54) is 12.0 Å². The number of anilines is 1. The molecule has 174 valence electrons. The topological polar surface area (TPSA) is 96.0 Å². The van der Waals surface area contributed by atoms with E-state index < -0.39 is 28.5 Å². The van der Waals surface area contributed by atoms with E-state index in [2.05, 4.69) is 21.2 Å². The number of ether oxygens (including phenoxy) is 1. The van der Waals surface area contributed by atoms with Crippen molar-refractivity contribution in [3.8, 4) is 5.75 Å². The number of sulfonamides is 1. The average molecular weight is 526 g/mol. The third-order valence-electron chi connectivity index (χ3n) is 4.82. The maximum Gasteiger partial charge on any atom is 0.244 e. The normalized spacial score (nSPS) is 12.0. The summed E-state index contributed by atoms with van der Waals surface area (Å²) in [5.74, 6) is -0.239. The molecule has 0 aromatic heterocycles. The lowest BCUT2D eigenvalue weighted by Crippen LogP contribution is -2.51. The standard InChI is InChI=1S/C22H28BrN3O5S/c1-5-24-22(28)16(2)25(14-17-6-8-18(23)9-7-17)21(27)15-26(32(4,29)30)19-10-12-20(31-3)13-11-19/h6-13,16H,5,14-15H2,1-4H3,(H,24,28)/t16-/m1/s1. The number of likely N-dealkylation sites (N-methyl/N-ethyl adjacent to an activating group) is 1. The Balaban J connectivity index is 2.35. The highest BCUT2D eigenvalue weighted by molar-refractivity contribution is 9.10. The summed E-state index contributed by atoms with van der Waals surface area (Å²) in [6.45, 7) is 3.56. The Morgan fingerprint density at radius 1 is 1.09 bits per heavy atom. The number of carbonyl (C=O) groups is 2. The van der Waals surface area contributed by atoms with Crippen molar-refractivity contribution in [3.63, 3.8) is 0 Å². The van der Waals surface area contributed by atoms with Gasteiger partial charge in [0, 0.05) is 17.6 Å². The molecule has 0 saturated carbocycles. The molecule has 2 rings (SSSR count). The van der Waals surface area contributed by atoms with Crippen LogP contribution in [-0.2, 0) is 26.2 Å². The second kappa shape index (κ2) is 11.3. The van der Waals surface area contributed by atoms with E-state index in [0.717, 1.165) is 20.6 Å². The van der Waals surface area contributed by atoms with Crippen molar-refractivity contribution in [2.45, 2.75) is 26.4 Å². The van der Waals surface area contributed by atoms with Gasteiger partial charge in [0.2, 0.25) is 21.8 Å². The minimum atomic E-state index is -3.76. The summed E-state index contributed by atoms with van der Waals surface area (Å²) in [6, 6.07) is 13.0. The monoisotopic (exact) mass is 525 g/mol. The van der Waals surface area contributed by atoms with Gasteiger partial charge in [-0.05, 0) is 55.8 Å². The molecule has 0 heterocycles. The average Bonchev–Trinajstić information content (AvgIpc) is 2.76. The summed E-state index contributed by atoms with van der Waals surface area (Å²) in [7, 11) is -2.25. The molecule has 2 amide bonds. The Morgan fingerprint density at radius 3 is 2.19 bits per heavy atom. The predicted octanol–water partition coefficient (Wildman–Crippen LogP) is 2.78. The molecular weight excluding hydrogens is 498 g/mol. The molecule has 1 atom stereocenters. The molecule has 0 radical (unpaired) electrons. The summed E-state index contributed by atoms with van der Waals surface area (Å²) in [4.78, 5) is 27.2. The van der Waals surface area contributed by atoms with Crippen molar-refractivity contribution in [1.82, 2.24) is 10.2 Å². The number of nitrogens with zero attached hydrogens (tertiary/aromatic N) is 2. The van der Waals surface area contributed by atoms with Gasteiger partial charge in [0.1, 0.15) is 18.3 Å². The number of rotatable bonds is 10. The lowest BCUT2D eigenvalue weighted by Gasteiger charge is -2.31. The Morgan fingerprint density at radius 2 is 1.69 bits per heavy atom. The molecule has 0 spiro atoms. The highest BCUT2D eigenvalue weighted by atomic mass is 79.9. The van der Waals surface area contributed by atoms with Crippen LogP contribution in [0.4, 0.5) is 5.69 Å². The molecule has 0 fully saturated rings. The number of nitrogens with one attached hydrogen (secondary N) is 1. The molecule has 32 heavy (non-hydrogen) atoms. The van der Waals surface area contributed by atoms with Gasteiger partial charge in [-0.2, -0.15) is 0 Å². The lowest BCUT2D eigenvalue weighted by molar-refractivity contribution is -0.139. The van der Waals surface area contributed by atoms with Crippen LogP contribution in [0.2, 0.25) is 0 Å². The molecule has 10 heteroatoms. The molecule has 0 aliphatic carbocycles. The molecule has 0 unspecified atom stereocenters. The van der Waals surface area contributed by atoms with E-state index in [0.29, 0.717) is 18.0 Å². The summed E-state index contributed by atoms with van der Waals surface area (Å²) in [5, 5.41) is 2.72. The third kappa shape index (κ3) is 6.96. The van der Waals surface area contributed by atoms with E-state index in [1.54, 1.807) is 38.1 Å². The summed E-state index contributed by atoms with van der Waals surface area (Å²) >= 11 is 3.38. The number of halogens is 1. The van der Waals surface area contributed by atoms with Crippen LogP contribution in [0.5, 0.6) is 5.75 Å². The van der Waals surface area contributed by atoms with E-state index in [-0.39, 0.29) is 12.5 Å². The molecule has 2 aromatic rings. The first-order valence-corrected chi connectivity index (χ1v) is 12.6. The zero-order chi connectivity index (χ0) is 23.9. The smallest absolute Gasteiger partial charge is 0.244 e. The first kappa shape index (κ1) is 25.7. The van der Waals surface area contributed by atoms with Crippen LogP contribution in [0.25, 0.3) is 0 Å². The number of methoxy groups -OCH3 is 1. The van der Waals surface area contributed by atoms with Crippen molar-refractivity contribution in [3.05, 3.63) is 58.6 Å². The van der Waals surface area contributed by atoms with Crippen molar-refractivity contribution in [2.24, 2.45) is 0 Å². The summed E-state index contributed by atoms with van der Waals surface area (Å²) < 4.78 is 32.0. The number of amides is 2. The zero-order valence-corrected chi connectivity index (χ0v) is 20.9. The highest BCUT2D eigenvalue weighted by Crippen LogP contribution is 2.22. The van der Waals surface area contributed by atoms with Gasteiger partial charge >= 0.3 is 0 Å². The van der Waals surface area contributed by atoms with Crippen LogP contribution in [-0.4, -0.2) is 57.6 Å². The fourth-order valence-corrected chi connectivity index (χ4v) is 4.17. The van der Waals surface area contributed by atoms with Gasteiger partial charge in [0.15, 0.2) is 0 Å². The van der Waals surface area contributed by atoms with Gasteiger partial charge in [0.05, 0.1) is 19.1 Å². The van der Waals surface area contributed by atoms with Crippen LogP contribution in [0.1, 0.15) is 19.4 Å². The van der Waals surface area contributed by atoms with Crippen LogP contribution in [0.15, 0.2) is 53.0 Å². The molecule has 0 aliphatic rings. The molecule has 2 aromatic carbocycles. The van der Waals surface area contributed by atoms with E-state index in [9.17, 15) is 18.0 Å². The lowest BCUT2D eigenvalue weighted by atomic mass is 10.1. The Hall–Kier alpha value is -2.59. The van der Waals surface area contributed by atoms with Gasteiger partial charge in [-0.15, -0.1) is 0 Å². The SMILES string of the molecule is CCNC(=O)[C@@H](C)N(Cc1ccc(Br)cc1)C(=O)CN(c1ccc(OC)cc1)S(C)(=O)=O. The fraction of sp³-hybridized carbons (Fsp3) is 0.364. The van der Waals surface area contributed by atoms with Crippen LogP contribution < -0.4 is 14.4 Å². The summed E-state index contributed by atoms with van der Waals surface area (Å²) in [6.07, 6.45) is 1.04. The molecule has 1 N–H and O–H groups in total. The van der Waals surface area contributed by atoms with Crippen LogP contribution in [0.3, 0.4) is 0 Å². The number of hydrogen-bond donors (Lipinski definition) is 1. The second-order valence-corrected chi connectivity index (χ2v) is 10.0. The van der Waals surface area contributed by atoms with Crippen molar-refractivity contribution < 1.29 is 22.7 Å². The first-order valence-electron chi connectivity index (χ1n) is 10.00. The van der Waals surface area contributed by atoms with E-state index in [4.69, 9.17) is 4.74 Å². The second-order valence-electron chi connectivity index (χ2n) is 7.19. The maximum atomic E-state index is 13.3. The van der Waals surface area contributed by atoms with Crippen molar-refractivity contribution in [1.29, 1.82) is 0 Å². The molecular formula is C22H28BrN3O5S. The zero-order valence-electron chi connectivity index (χ0n) is 18.5. The number of carbonyl (C=O) groups excluding carboxylic acids is 2. The number of hydrogen-bond acceptors (Lipinski definition) is 5. The minimum Gasteiger partial charge on any atom is -0.497 e. The molecule has 0 aliphatic heterocycles. The van der Waals surface area contributed by atoms with Gasteiger partial charge in [-0.25, -0.2) is 8.42 Å². The Labute approximate surface area is 197 Å². The molecule has 0 bridgehead atoms. The van der Waals surface area contributed by atoms with Gasteiger partial charge < -0.3 is 15.0 Å². The highest BCUT2D eigenvalue weighted by Gasteiger charge is 2.29. The van der Waals surface area contributed by atoms with Gasteiger partial charge in [0.25, 0.3) is 0 Å². The Kier molecular flexibility index (Phi) is 9.09. The predicted molar refractivity (Wildman–Crippen MR) is 128 cm³/mol. The Bertz CT molecular complexity index is 1030.